The highest BCUT2D eigenvalue weighted by Crippen LogP contribution is 2.33. The van der Waals surface area contributed by atoms with Gasteiger partial charge in [-0.1, -0.05) is 17.7 Å². The van der Waals surface area contributed by atoms with Crippen molar-refractivity contribution in [2.45, 2.75) is 20.5 Å². The highest BCUT2D eigenvalue weighted by Gasteiger charge is 2.16. The van der Waals surface area contributed by atoms with Crippen LogP contribution in [-0.2, 0) is 6.67 Å². The number of benzene rings is 1. The lowest BCUT2D eigenvalue weighted by molar-refractivity contribution is 0.393. The van der Waals surface area contributed by atoms with Crippen molar-refractivity contribution < 1.29 is 14.6 Å². The molecule has 0 bridgehead atoms. The Balaban J connectivity index is 2.64. The molecule has 0 aliphatic rings. The van der Waals surface area contributed by atoms with Crippen molar-refractivity contribution in [3.05, 3.63) is 41.0 Å². The van der Waals surface area contributed by atoms with E-state index in [1.807, 2.05) is 26.0 Å². The van der Waals surface area contributed by atoms with Gasteiger partial charge in [0, 0.05) is 11.6 Å². The summed E-state index contributed by atoms with van der Waals surface area (Å²) >= 11 is 0. The summed E-state index contributed by atoms with van der Waals surface area (Å²) in [5.41, 5.74) is 2.72. The maximum Gasteiger partial charge on any atom is 0.204 e. The Morgan fingerprint density at radius 3 is 2.41 bits per heavy atom. The third kappa shape index (κ3) is 1.86. The Kier molecular flexibility index (Phi) is 2.79. The van der Waals surface area contributed by atoms with Gasteiger partial charge in [0.25, 0.3) is 0 Å². The topological polar surface area (TPSA) is 45.4 Å². The van der Waals surface area contributed by atoms with Gasteiger partial charge in [0.1, 0.15) is 6.67 Å². The van der Waals surface area contributed by atoms with Crippen LogP contribution in [0.15, 0.2) is 24.3 Å². The van der Waals surface area contributed by atoms with Gasteiger partial charge in [-0.25, -0.2) is 4.39 Å². The van der Waals surface area contributed by atoms with Gasteiger partial charge in [-0.3, -0.25) is 4.57 Å². The number of rotatable bonds is 2. The van der Waals surface area contributed by atoms with E-state index in [1.165, 1.54) is 10.6 Å². The molecule has 17 heavy (non-hydrogen) atoms. The predicted molar refractivity (Wildman–Crippen MR) is 63.4 cm³/mol. The minimum Gasteiger partial charge on any atom is -0.494 e. The molecule has 0 spiro atoms. The number of aryl methyl sites for hydroxylation is 2. The molecule has 0 radical (unpaired) electrons. The van der Waals surface area contributed by atoms with Crippen molar-refractivity contribution in [1.29, 1.82) is 0 Å². The highest BCUT2D eigenvalue weighted by molar-refractivity contribution is 5.51. The first-order chi connectivity index (χ1) is 8.04. The minimum absolute atomic E-state index is 0.0856. The Labute approximate surface area is 98.8 Å². The normalized spacial score (nSPS) is 10.8. The monoisotopic (exact) mass is 235 g/mol. The zero-order valence-electron chi connectivity index (χ0n) is 9.74. The molecule has 0 amide bonds. The third-order valence-corrected chi connectivity index (χ3v) is 2.77. The first-order valence-electron chi connectivity index (χ1n) is 5.30. The van der Waals surface area contributed by atoms with Gasteiger partial charge in [-0.15, -0.1) is 0 Å². The van der Waals surface area contributed by atoms with Crippen molar-refractivity contribution in [2.75, 3.05) is 0 Å². The average Bonchev–Trinajstić information content (AvgIpc) is 2.55. The second-order valence-corrected chi connectivity index (χ2v) is 4.11. The maximum absolute atomic E-state index is 12.6. The molecule has 3 nitrogen and oxygen atoms in total. The van der Waals surface area contributed by atoms with Gasteiger partial charge in [-0.05, 0) is 25.5 Å². The number of aromatic hydroxyl groups is 2. The van der Waals surface area contributed by atoms with Crippen LogP contribution in [0.1, 0.15) is 16.7 Å². The summed E-state index contributed by atoms with van der Waals surface area (Å²) < 4.78 is 13.8. The fourth-order valence-electron chi connectivity index (χ4n) is 1.93. The molecular weight excluding hydrogens is 221 g/mol. The first kappa shape index (κ1) is 11.5. The number of halogens is 1. The van der Waals surface area contributed by atoms with Crippen LogP contribution in [0.25, 0.3) is 5.69 Å². The third-order valence-electron chi connectivity index (χ3n) is 2.77. The number of alkyl halides is 1. The lowest BCUT2D eigenvalue weighted by atomic mass is 10.1. The van der Waals surface area contributed by atoms with Gasteiger partial charge in [0.05, 0.1) is 5.69 Å². The van der Waals surface area contributed by atoms with E-state index in [2.05, 4.69) is 0 Å². The van der Waals surface area contributed by atoms with E-state index in [0.29, 0.717) is 5.69 Å². The van der Waals surface area contributed by atoms with Crippen LogP contribution in [0.2, 0.25) is 0 Å². The molecule has 1 aromatic heterocycles. The van der Waals surface area contributed by atoms with Crippen LogP contribution in [0, 0.1) is 13.8 Å². The molecule has 90 valence electrons. The Morgan fingerprint density at radius 2 is 1.88 bits per heavy atom. The van der Waals surface area contributed by atoms with E-state index in [1.54, 1.807) is 6.07 Å². The zero-order valence-corrected chi connectivity index (χ0v) is 9.74. The molecule has 0 atom stereocenters. The number of aromatic nitrogens is 1. The van der Waals surface area contributed by atoms with Crippen molar-refractivity contribution in [3.63, 3.8) is 0 Å². The maximum atomic E-state index is 12.6. The number of hydrogen-bond donors (Lipinski definition) is 2. The SMILES string of the molecule is Cc1ccc(-n2c(O)cc(CF)c2O)c(C)c1. The van der Waals surface area contributed by atoms with Crippen molar-refractivity contribution >= 4 is 0 Å². The van der Waals surface area contributed by atoms with E-state index in [9.17, 15) is 14.6 Å². The number of nitrogens with zero attached hydrogens (tertiary/aromatic N) is 1. The van der Waals surface area contributed by atoms with Crippen molar-refractivity contribution in [3.8, 4) is 17.4 Å². The largest absolute Gasteiger partial charge is 0.494 e. The second kappa shape index (κ2) is 4.13. The lowest BCUT2D eigenvalue weighted by Gasteiger charge is -2.11. The molecule has 0 aliphatic carbocycles. The average molecular weight is 235 g/mol. The van der Waals surface area contributed by atoms with Gasteiger partial charge in [-0.2, -0.15) is 0 Å². The first-order valence-corrected chi connectivity index (χ1v) is 5.30. The molecule has 4 heteroatoms. The fourth-order valence-corrected chi connectivity index (χ4v) is 1.93. The van der Waals surface area contributed by atoms with E-state index in [4.69, 9.17) is 0 Å². The summed E-state index contributed by atoms with van der Waals surface area (Å²) in [5.74, 6) is -0.418. The molecule has 1 heterocycles. The molecule has 0 saturated heterocycles. The zero-order chi connectivity index (χ0) is 12.6. The van der Waals surface area contributed by atoms with Crippen LogP contribution in [0.4, 0.5) is 4.39 Å². The summed E-state index contributed by atoms with van der Waals surface area (Å²) in [4.78, 5) is 0. The standard InChI is InChI=1S/C13H14FNO2/c1-8-3-4-11(9(2)5-8)15-12(16)6-10(7-14)13(15)17/h3-6,16-17H,7H2,1-2H3. The summed E-state index contributed by atoms with van der Waals surface area (Å²) in [6.45, 7) is 3.02. The van der Waals surface area contributed by atoms with Gasteiger partial charge < -0.3 is 10.2 Å². The van der Waals surface area contributed by atoms with Crippen LogP contribution in [0.3, 0.4) is 0 Å². The number of hydrogen-bond acceptors (Lipinski definition) is 2. The molecule has 2 aromatic rings. The molecule has 2 N–H and O–H groups in total. The molecular formula is C13H14FNO2. The van der Waals surface area contributed by atoms with Crippen LogP contribution < -0.4 is 0 Å². The highest BCUT2D eigenvalue weighted by atomic mass is 19.1. The van der Waals surface area contributed by atoms with Crippen LogP contribution in [0.5, 0.6) is 11.8 Å². The summed E-state index contributed by atoms with van der Waals surface area (Å²) in [7, 11) is 0. The molecule has 1 aromatic carbocycles. The van der Waals surface area contributed by atoms with Gasteiger partial charge >= 0.3 is 0 Å². The summed E-state index contributed by atoms with van der Waals surface area (Å²) in [6, 6.07) is 6.82. The molecule has 0 unspecified atom stereocenters. The summed E-state index contributed by atoms with van der Waals surface area (Å²) in [6.07, 6.45) is 0. The smallest absolute Gasteiger partial charge is 0.204 e. The van der Waals surface area contributed by atoms with Gasteiger partial charge in [0.15, 0.2) is 5.88 Å². The fraction of sp³-hybridized carbons (Fsp3) is 0.231. The van der Waals surface area contributed by atoms with Crippen LogP contribution >= 0.6 is 0 Å². The predicted octanol–water partition coefficient (Wildman–Crippen LogP) is 2.97. The molecule has 0 saturated carbocycles. The van der Waals surface area contributed by atoms with E-state index in [-0.39, 0.29) is 17.3 Å². The Morgan fingerprint density at radius 1 is 1.18 bits per heavy atom. The van der Waals surface area contributed by atoms with Crippen molar-refractivity contribution in [1.82, 2.24) is 4.57 Å². The van der Waals surface area contributed by atoms with Gasteiger partial charge in [0.2, 0.25) is 5.88 Å². The molecule has 2 rings (SSSR count). The van der Waals surface area contributed by atoms with Crippen molar-refractivity contribution in [2.24, 2.45) is 0 Å². The quantitative estimate of drug-likeness (QED) is 0.840. The summed E-state index contributed by atoms with van der Waals surface area (Å²) in [5, 5.41) is 19.5. The van der Waals surface area contributed by atoms with E-state index in [0.717, 1.165) is 11.1 Å². The minimum atomic E-state index is -0.808. The molecule has 0 fully saturated rings. The Bertz CT molecular complexity index is 561. The molecule has 0 aliphatic heterocycles. The second-order valence-electron chi connectivity index (χ2n) is 4.11. The Hall–Kier alpha value is -1.97. The van der Waals surface area contributed by atoms with Crippen LogP contribution in [-0.4, -0.2) is 14.8 Å². The van der Waals surface area contributed by atoms with E-state index < -0.39 is 6.67 Å². The lowest BCUT2D eigenvalue weighted by Crippen LogP contribution is -1.96. The van der Waals surface area contributed by atoms with E-state index >= 15 is 0 Å².